The average molecular weight is 273 g/mol. The van der Waals surface area contributed by atoms with Crippen LogP contribution in [0.25, 0.3) is 0 Å². The maximum Gasteiger partial charge on any atom is 0.253 e. The SMILES string of the molecule is Cc1ccc(C(=O)N2CC[C@]3(O)CCCC[C@@H]3C2)cc1. The van der Waals surface area contributed by atoms with Gasteiger partial charge in [-0.15, -0.1) is 0 Å². The van der Waals surface area contributed by atoms with E-state index in [1.165, 1.54) is 12.0 Å². The summed E-state index contributed by atoms with van der Waals surface area (Å²) < 4.78 is 0. The van der Waals surface area contributed by atoms with Crippen molar-refractivity contribution in [3.05, 3.63) is 35.4 Å². The van der Waals surface area contributed by atoms with Crippen molar-refractivity contribution in [2.45, 2.75) is 44.6 Å². The molecule has 3 heteroatoms. The zero-order valence-corrected chi connectivity index (χ0v) is 12.1. The van der Waals surface area contributed by atoms with Gasteiger partial charge in [-0.05, 0) is 38.3 Å². The predicted octanol–water partition coefficient (Wildman–Crippen LogP) is 2.76. The van der Waals surface area contributed by atoms with Crippen molar-refractivity contribution < 1.29 is 9.90 Å². The zero-order valence-electron chi connectivity index (χ0n) is 12.1. The fourth-order valence-corrected chi connectivity index (χ4v) is 3.63. The maximum atomic E-state index is 12.5. The molecule has 3 nitrogen and oxygen atoms in total. The van der Waals surface area contributed by atoms with E-state index in [0.717, 1.165) is 31.2 Å². The molecule has 1 aliphatic heterocycles. The molecule has 1 saturated heterocycles. The van der Waals surface area contributed by atoms with Crippen LogP contribution in [0.3, 0.4) is 0 Å². The first-order valence-corrected chi connectivity index (χ1v) is 7.67. The molecule has 108 valence electrons. The number of aryl methyl sites for hydroxylation is 1. The normalized spacial score (nSPS) is 29.9. The second kappa shape index (κ2) is 5.21. The zero-order chi connectivity index (χ0) is 14.2. The van der Waals surface area contributed by atoms with Crippen molar-refractivity contribution in [2.24, 2.45) is 5.92 Å². The van der Waals surface area contributed by atoms with Gasteiger partial charge in [0.05, 0.1) is 5.60 Å². The molecule has 0 spiro atoms. The van der Waals surface area contributed by atoms with Gasteiger partial charge in [0.2, 0.25) is 0 Å². The lowest BCUT2D eigenvalue weighted by atomic mass is 9.71. The van der Waals surface area contributed by atoms with Gasteiger partial charge >= 0.3 is 0 Å². The number of carbonyl (C=O) groups is 1. The Morgan fingerprint density at radius 2 is 2.00 bits per heavy atom. The number of hydrogen-bond donors (Lipinski definition) is 1. The Hall–Kier alpha value is -1.35. The van der Waals surface area contributed by atoms with Crippen molar-refractivity contribution >= 4 is 5.91 Å². The third-order valence-corrected chi connectivity index (χ3v) is 5.01. The van der Waals surface area contributed by atoms with Gasteiger partial charge < -0.3 is 10.0 Å². The summed E-state index contributed by atoms with van der Waals surface area (Å²) in [5.74, 6) is 0.372. The van der Waals surface area contributed by atoms with Gasteiger partial charge in [-0.3, -0.25) is 4.79 Å². The van der Waals surface area contributed by atoms with Crippen LogP contribution in [0.1, 0.15) is 48.0 Å². The van der Waals surface area contributed by atoms with Gasteiger partial charge in [-0.1, -0.05) is 30.5 Å². The number of piperidine rings is 1. The summed E-state index contributed by atoms with van der Waals surface area (Å²) in [6.07, 6.45) is 4.99. The fourth-order valence-electron chi connectivity index (χ4n) is 3.63. The summed E-state index contributed by atoms with van der Waals surface area (Å²) >= 11 is 0. The van der Waals surface area contributed by atoms with E-state index in [2.05, 4.69) is 0 Å². The Bertz CT molecular complexity index is 496. The van der Waals surface area contributed by atoms with E-state index in [1.807, 2.05) is 36.1 Å². The van der Waals surface area contributed by atoms with E-state index >= 15 is 0 Å². The number of benzene rings is 1. The Labute approximate surface area is 120 Å². The molecular formula is C17H23NO2. The third kappa shape index (κ3) is 2.47. The summed E-state index contributed by atoms with van der Waals surface area (Å²) in [5, 5.41) is 10.7. The lowest BCUT2D eigenvalue weighted by molar-refractivity contribution is -0.0886. The minimum absolute atomic E-state index is 0.109. The number of likely N-dealkylation sites (tertiary alicyclic amines) is 1. The monoisotopic (exact) mass is 273 g/mol. The Balaban J connectivity index is 1.72. The molecule has 0 radical (unpaired) electrons. The van der Waals surface area contributed by atoms with Crippen molar-refractivity contribution in [3.63, 3.8) is 0 Å². The van der Waals surface area contributed by atoms with Crippen LogP contribution in [0, 0.1) is 12.8 Å². The smallest absolute Gasteiger partial charge is 0.253 e. The van der Waals surface area contributed by atoms with E-state index in [1.54, 1.807) is 0 Å². The first-order chi connectivity index (χ1) is 9.58. The summed E-state index contributed by atoms with van der Waals surface area (Å²) in [4.78, 5) is 14.5. The number of amides is 1. The molecule has 2 fully saturated rings. The van der Waals surface area contributed by atoms with E-state index < -0.39 is 5.60 Å². The molecule has 1 saturated carbocycles. The number of rotatable bonds is 1. The molecule has 1 amide bonds. The van der Waals surface area contributed by atoms with Gasteiger partial charge in [0.15, 0.2) is 0 Å². The van der Waals surface area contributed by atoms with Crippen LogP contribution < -0.4 is 0 Å². The highest BCUT2D eigenvalue weighted by atomic mass is 16.3. The average Bonchev–Trinajstić information content (AvgIpc) is 2.46. The van der Waals surface area contributed by atoms with Gasteiger partial charge in [0.25, 0.3) is 5.91 Å². The van der Waals surface area contributed by atoms with Crippen LogP contribution in [0.5, 0.6) is 0 Å². The minimum Gasteiger partial charge on any atom is -0.389 e. The Morgan fingerprint density at radius 1 is 1.25 bits per heavy atom. The predicted molar refractivity (Wildman–Crippen MR) is 78.6 cm³/mol. The van der Waals surface area contributed by atoms with Crippen molar-refractivity contribution in [1.29, 1.82) is 0 Å². The first kappa shape index (κ1) is 13.6. The molecule has 0 unspecified atom stereocenters. The molecule has 1 aromatic rings. The van der Waals surface area contributed by atoms with E-state index in [-0.39, 0.29) is 11.8 Å². The number of aliphatic hydroxyl groups is 1. The van der Waals surface area contributed by atoms with Crippen molar-refractivity contribution in [2.75, 3.05) is 13.1 Å². The summed E-state index contributed by atoms with van der Waals surface area (Å²) in [6, 6.07) is 7.76. The first-order valence-electron chi connectivity index (χ1n) is 7.67. The van der Waals surface area contributed by atoms with Crippen molar-refractivity contribution in [1.82, 2.24) is 4.90 Å². The number of fused-ring (bicyclic) bond motifs is 1. The highest BCUT2D eigenvalue weighted by Crippen LogP contribution is 2.39. The molecule has 0 aromatic heterocycles. The van der Waals surface area contributed by atoms with Crippen LogP contribution in [-0.2, 0) is 0 Å². The largest absolute Gasteiger partial charge is 0.389 e. The minimum atomic E-state index is -0.512. The molecule has 1 N–H and O–H groups in total. The summed E-state index contributed by atoms with van der Waals surface area (Å²) in [5.41, 5.74) is 1.42. The lowest BCUT2D eigenvalue weighted by Crippen LogP contribution is -2.54. The fraction of sp³-hybridized carbons (Fsp3) is 0.588. The lowest BCUT2D eigenvalue weighted by Gasteiger charge is -2.47. The second-order valence-electron chi connectivity index (χ2n) is 6.41. The Kier molecular flexibility index (Phi) is 3.55. The van der Waals surface area contributed by atoms with Crippen LogP contribution >= 0.6 is 0 Å². The van der Waals surface area contributed by atoms with E-state index in [9.17, 15) is 9.90 Å². The van der Waals surface area contributed by atoms with E-state index in [4.69, 9.17) is 0 Å². The third-order valence-electron chi connectivity index (χ3n) is 5.01. The number of nitrogens with zero attached hydrogens (tertiary/aromatic N) is 1. The van der Waals surface area contributed by atoms with Gasteiger partial charge in [0, 0.05) is 24.6 Å². The molecule has 1 heterocycles. The van der Waals surface area contributed by atoms with Gasteiger partial charge in [0.1, 0.15) is 0 Å². The quantitative estimate of drug-likeness (QED) is 0.854. The Morgan fingerprint density at radius 3 is 2.75 bits per heavy atom. The van der Waals surface area contributed by atoms with E-state index in [0.29, 0.717) is 13.1 Å². The number of hydrogen-bond acceptors (Lipinski definition) is 2. The van der Waals surface area contributed by atoms with Gasteiger partial charge in [-0.2, -0.15) is 0 Å². The summed E-state index contributed by atoms with van der Waals surface area (Å²) in [7, 11) is 0. The molecule has 3 rings (SSSR count). The van der Waals surface area contributed by atoms with Crippen molar-refractivity contribution in [3.8, 4) is 0 Å². The molecule has 20 heavy (non-hydrogen) atoms. The van der Waals surface area contributed by atoms with Crippen LogP contribution in [-0.4, -0.2) is 34.6 Å². The highest BCUT2D eigenvalue weighted by Gasteiger charge is 2.43. The maximum absolute atomic E-state index is 12.5. The topological polar surface area (TPSA) is 40.5 Å². The summed E-state index contributed by atoms with van der Waals surface area (Å²) in [6.45, 7) is 3.42. The highest BCUT2D eigenvalue weighted by molar-refractivity contribution is 5.94. The molecule has 2 aliphatic rings. The number of carbonyl (C=O) groups excluding carboxylic acids is 1. The molecule has 1 aliphatic carbocycles. The molecular weight excluding hydrogens is 250 g/mol. The van der Waals surface area contributed by atoms with Gasteiger partial charge in [-0.25, -0.2) is 0 Å². The molecule has 0 bridgehead atoms. The second-order valence-corrected chi connectivity index (χ2v) is 6.41. The molecule has 2 atom stereocenters. The van der Waals surface area contributed by atoms with Crippen LogP contribution in [0.2, 0.25) is 0 Å². The van der Waals surface area contributed by atoms with Crippen LogP contribution in [0.15, 0.2) is 24.3 Å². The standard InChI is InChI=1S/C17H23NO2/c1-13-5-7-14(8-6-13)16(19)18-11-10-17(20)9-3-2-4-15(17)12-18/h5-8,15,20H,2-4,9-12H2,1H3/t15-,17-/m1/s1. The molecule has 1 aromatic carbocycles. The van der Waals surface area contributed by atoms with Crippen LogP contribution in [0.4, 0.5) is 0 Å².